The van der Waals surface area contributed by atoms with Crippen molar-refractivity contribution in [2.24, 2.45) is 11.8 Å². The van der Waals surface area contributed by atoms with Crippen LogP contribution in [0.1, 0.15) is 49.3 Å². The summed E-state index contributed by atoms with van der Waals surface area (Å²) >= 11 is 0. The largest absolute Gasteiger partial charge is 0.337 e. The van der Waals surface area contributed by atoms with Gasteiger partial charge in [-0.15, -0.1) is 0 Å². The van der Waals surface area contributed by atoms with E-state index in [1.807, 2.05) is 11.8 Å². The number of carbonyl (C=O) groups excluding carboxylic acids is 1. The van der Waals surface area contributed by atoms with Crippen molar-refractivity contribution in [1.29, 1.82) is 0 Å². The van der Waals surface area contributed by atoms with E-state index in [2.05, 4.69) is 28.7 Å². The van der Waals surface area contributed by atoms with Crippen molar-refractivity contribution >= 4 is 5.91 Å². The molecular formula is C18H28N4O. The standard InChI is InChI=1S/C18H28N4O/c1-13(2)17-12-22(8-4-7-21(17)11-15-5-6-15)18(23)16-9-19-14(3)20-10-16/h9-10,13,15,17H,4-8,11-12H2,1-3H3/t17-/m1/s1. The minimum atomic E-state index is 0.0731. The Morgan fingerprint density at radius 2 is 1.96 bits per heavy atom. The molecule has 3 rings (SSSR count). The molecule has 2 heterocycles. The highest BCUT2D eigenvalue weighted by atomic mass is 16.2. The van der Waals surface area contributed by atoms with Gasteiger partial charge in [0.15, 0.2) is 0 Å². The molecule has 1 aromatic rings. The summed E-state index contributed by atoms with van der Waals surface area (Å²) in [6.45, 7) is 10.3. The van der Waals surface area contributed by atoms with E-state index in [9.17, 15) is 4.79 Å². The topological polar surface area (TPSA) is 49.3 Å². The molecule has 1 atom stereocenters. The van der Waals surface area contributed by atoms with E-state index in [1.165, 1.54) is 19.4 Å². The van der Waals surface area contributed by atoms with Crippen molar-refractivity contribution in [3.63, 3.8) is 0 Å². The quantitative estimate of drug-likeness (QED) is 0.856. The van der Waals surface area contributed by atoms with Crippen LogP contribution in [0.15, 0.2) is 12.4 Å². The lowest BCUT2D eigenvalue weighted by Gasteiger charge is -2.34. The molecule has 5 nitrogen and oxygen atoms in total. The van der Waals surface area contributed by atoms with E-state index >= 15 is 0 Å². The van der Waals surface area contributed by atoms with Gasteiger partial charge in [0.25, 0.3) is 5.91 Å². The highest BCUT2D eigenvalue weighted by Crippen LogP contribution is 2.32. The van der Waals surface area contributed by atoms with Gasteiger partial charge in [-0.1, -0.05) is 13.8 Å². The van der Waals surface area contributed by atoms with Gasteiger partial charge in [-0.3, -0.25) is 9.69 Å². The summed E-state index contributed by atoms with van der Waals surface area (Å²) < 4.78 is 0. The Hall–Kier alpha value is -1.49. The molecule has 0 bridgehead atoms. The molecule has 0 N–H and O–H groups in total. The van der Waals surface area contributed by atoms with Gasteiger partial charge >= 0.3 is 0 Å². The van der Waals surface area contributed by atoms with E-state index in [0.29, 0.717) is 23.3 Å². The van der Waals surface area contributed by atoms with Gasteiger partial charge in [0, 0.05) is 44.6 Å². The van der Waals surface area contributed by atoms with Crippen molar-refractivity contribution in [2.45, 2.75) is 46.1 Å². The third kappa shape index (κ3) is 4.08. The molecule has 1 aromatic heterocycles. The van der Waals surface area contributed by atoms with Gasteiger partial charge in [0.05, 0.1) is 5.56 Å². The summed E-state index contributed by atoms with van der Waals surface area (Å²) in [4.78, 5) is 25.8. The summed E-state index contributed by atoms with van der Waals surface area (Å²) in [5.41, 5.74) is 0.605. The maximum absolute atomic E-state index is 12.8. The third-order valence-corrected chi connectivity index (χ3v) is 5.02. The van der Waals surface area contributed by atoms with Gasteiger partial charge in [-0.2, -0.15) is 0 Å². The number of hydrogen-bond donors (Lipinski definition) is 0. The first-order chi connectivity index (χ1) is 11.0. The average molecular weight is 316 g/mol. The van der Waals surface area contributed by atoms with Crippen molar-refractivity contribution in [2.75, 3.05) is 26.2 Å². The first-order valence-electron chi connectivity index (χ1n) is 8.86. The van der Waals surface area contributed by atoms with Crippen LogP contribution in [0.4, 0.5) is 0 Å². The molecule has 0 unspecified atom stereocenters. The lowest BCUT2D eigenvalue weighted by Crippen LogP contribution is -2.46. The lowest BCUT2D eigenvalue weighted by atomic mass is 10.0. The SMILES string of the molecule is Cc1ncc(C(=O)N2CCCN(CC3CC3)[C@@H](C(C)C)C2)cn1. The Labute approximate surface area is 139 Å². The second-order valence-electron chi connectivity index (χ2n) is 7.37. The smallest absolute Gasteiger partial charge is 0.257 e. The van der Waals surface area contributed by atoms with Crippen LogP contribution in [0.3, 0.4) is 0 Å². The third-order valence-electron chi connectivity index (χ3n) is 5.02. The fourth-order valence-electron chi connectivity index (χ4n) is 3.42. The van der Waals surface area contributed by atoms with Gasteiger partial charge in [0.2, 0.25) is 0 Å². The number of amides is 1. The summed E-state index contributed by atoms with van der Waals surface area (Å²) in [6, 6.07) is 0.452. The summed E-state index contributed by atoms with van der Waals surface area (Å²) in [7, 11) is 0. The van der Waals surface area contributed by atoms with Crippen molar-refractivity contribution in [3.8, 4) is 0 Å². The molecule has 0 aromatic carbocycles. The molecule has 0 spiro atoms. The minimum Gasteiger partial charge on any atom is -0.337 e. The van der Waals surface area contributed by atoms with Crippen LogP contribution in [0.25, 0.3) is 0 Å². The normalized spacial score (nSPS) is 23.1. The Kier molecular flexibility index (Phi) is 4.95. The maximum Gasteiger partial charge on any atom is 0.257 e. The number of nitrogens with zero attached hydrogens (tertiary/aromatic N) is 4. The van der Waals surface area contributed by atoms with E-state index < -0.39 is 0 Å². The molecule has 1 saturated heterocycles. The summed E-state index contributed by atoms with van der Waals surface area (Å²) in [5.74, 6) is 2.22. The molecular weight excluding hydrogens is 288 g/mol. The van der Waals surface area contributed by atoms with Crippen molar-refractivity contribution < 1.29 is 4.79 Å². The molecule has 2 fully saturated rings. The van der Waals surface area contributed by atoms with Gasteiger partial charge in [-0.25, -0.2) is 9.97 Å². The molecule has 1 amide bonds. The number of carbonyl (C=O) groups is 1. The average Bonchev–Trinajstić information content (AvgIpc) is 3.34. The Morgan fingerprint density at radius 1 is 1.26 bits per heavy atom. The van der Waals surface area contributed by atoms with Crippen LogP contribution in [0.2, 0.25) is 0 Å². The lowest BCUT2D eigenvalue weighted by molar-refractivity contribution is 0.0703. The van der Waals surface area contributed by atoms with Crippen LogP contribution in [-0.4, -0.2) is 57.9 Å². The Bertz CT molecular complexity index is 538. The highest BCUT2D eigenvalue weighted by molar-refractivity contribution is 5.93. The second-order valence-corrected chi connectivity index (χ2v) is 7.37. The number of aryl methyl sites for hydroxylation is 1. The van der Waals surface area contributed by atoms with E-state index in [0.717, 1.165) is 32.0 Å². The van der Waals surface area contributed by atoms with Crippen LogP contribution in [0.5, 0.6) is 0 Å². The fourth-order valence-corrected chi connectivity index (χ4v) is 3.42. The number of aromatic nitrogens is 2. The molecule has 5 heteroatoms. The van der Waals surface area contributed by atoms with Crippen molar-refractivity contribution in [3.05, 3.63) is 23.8 Å². The minimum absolute atomic E-state index is 0.0731. The number of hydrogen-bond acceptors (Lipinski definition) is 4. The zero-order valence-electron chi connectivity index (χ0n) is 14.5. The predicted molar refractivity (Wildman–Crippen MR) is 90.2 cm³/mol. The molecule has 126 valence electrons. The molecule has 1 saturated carbocycles. The van der Waals surface area contributed by atoms with Crippen molar-refractivity contribution in [1.82, 2.24) is 19.8 Å². The van der Waals surface area contributed by atoms with Crippen LogP contribution in [-0.2, 0) is 0 Å². The van der Waals surface area contributed by atoms with Gasteiger partial charge < -0.3 is 4.90 Å². The first-order valence-corrected chi connectivity index (χ1v) is 8.86. The monoisotopic (exact) mass is 316 g/mol. The maximum atomic E-state index is 12.8. The second kappa shape index (κ2) is 6.95. The van der Waals surface area contributed by atoms with E-state index in [1.54, 1.807) is 12.4 Å². The van der Waals surface area contributed by atoms with Crippen LogP contribution >= 0.6 is 0 Å². The molecule has 0 radical (unpaired) electrons. The van der Waals surface area contributed by atoms with Gasteiger partial charge in [-0.05, 0) is 38.0 Å². The zero-order chi connectivity index (χ0) is 16.4. The van der Waals surface area contributed by atoms with Crippen LogP contribution in [0, 0.1) is 18.8 Å². The molecule has 1 aliphatic carbocycles. The van der Waals surface area contributed by atoms with E-state index in [-0.39, 0.29) is 5.91 Å². The molecule has 1 aliphatic heterocycles. The Balaban J connectivity index is 1.72. The summed E-state index contributed by atoms with van der Waals surface area (Å²) in [6.07, 6.45) is 7.12. The molecule has 2 aliphatic rings. The highest BCUT2D eigenvalue weighted by Gasteiger charge is 2.33. The fraction of sp³-hybridized carbons (Fsp3) is 0.722. The van der Waals surface area contributed by atoms with E-state index in [4.69, 9.17) is 0 Å². The first kappa shape index (κ1) is 16.4. The molecule has 23 heavy (non-hydrogen) atoms. The Morgan fingerprint density at radius 3 is 2.57 bits per heavy atom. The van der Waals surface area contributed by atoms with Gasteiger partial charge in [0.1, 0.15) is 5.82 Å². The summed E-state index contributed by atoms with van der Waals surface area (Å²) in [5, 5.41) is 0. The number of rotatable bonds is 4. The zero-order valence-corrected chi connectivity index (χ0v) is 14.5. The predicted octanol–water partition coefficient (Wildman–Crippen LogP) is 2.37. The van der Waals surface area contributed by atoms with Crippen LogP contribution < -0.4 is 0 Å².